The minimum atomic E-state index is 0.126. The van der Waals surface area contributed by atoms with Crippen molar-refractivity contribution in [2.45, 2.75) is 13.0 Å². The highest BCUT2D eigenvalue weighted by atomic mass is 79.9. The van der Waals surface area contributed by atoms with Crippen LogP contribution in [0.25, 0.3) is 0 Å². The summed E-state index contributed by atoms with van der Waals surface area (Å²) < 4.78 is 12.1. The summed E-state index contributed by atoms with van der Waals surface area (Å²) in [5.41, 5.74) is 1.99. The maximum absolute atomic E-state index is 5.59. The lowest BCUT2D eigenvalue weighted by Gasteiger charge is -2.21. The maximum Gasteiger partial charge on any atom is 0.163 e. The third-order valence-corrected chi connectivity index (χ3v) is 3.65. The van der Waals surface area contributed by atoms with Crippen LogP contribution in [-0.2, 0) is 0 Å². The van der Waals surface area contributed by atoms with Gasteiger partial charge in [0.25, 0.3) is 0 Å². The van der Waals surface area contributed by atoms with Crippen LogP contribution in [0.2, 0.25) is 0 Å². The van der Waals surface area contributed by atoms with E-state index in [0.29, 0.717) is 13.2 Å². The van der Waals surface area contributed by atoms with Crippen molar-refractivity contribution in [3.8, 4) is 11.5 Å². The Hall–Kier alpha value is -1.69. The van der Waals surface area contributed by atoms with Gasteiger partial charge in [-0.15, -0.1) is 0 Å². The molecule has 1 aliphatic heterocycles. The van der Waals surface area contributed by atoms with Crippen LogP contribution in [0.4, 0.5) is 5.69 Å². The molecule has 0 saturated carbocycles. The van der Waals surface area contributed by atoms with Gasteiger partial charge in [0, 0.05) is 22.8 Å². The van der Waals surface area contributed by atoms with Crippen molar-refractivity contribution in [1.29, 1.82) is 0 Å². The van der Waals surface area contributed by atoms with E-state index in [1.54, 1.807) is 6.20 Å². The number of aromatic amines is 1. The summed E-state index contributed by atoms with van der Waals surface area (Å²) in [6, 6.07) is 5.95. The van der Waals surface area contributed by atoms with Crippen LogP contribution >= 0.6 is 15.9 Å². The predicted octanol–water partition coefficient (Wildman–Crippen LogP) is 3.12. The van der Waals surface area contributed by atoms with E-state index < -0.39 is 0 Å². The summed E-state index contributed by atoms with van der Waals surface area (Å²) in [6.45, 7) is 3.25. The zero-order chi connectivity index (χ0) is 13.2. The second-order valence-corrected chi connectivity index (χ2v) is 5.21. The molecule has 1 aliphatic rings. The zero-order valence-corrected chi connectivity index (χ0v) is 12.0. The van der Waals surface area contributed by atoms with Crippen LogP contribution in [0.1, 0.15) is 18.7 Å². The average molecular weight is 324 g/mol. The highest BCUT2D eigenvalue weighted by Gasteiger charge is 2.16. The molecule has 2 heterocycles. The summed E-state index contributed by atoms with van der Waals surface area (Å²) >= 11 is 3.54. The van der Waals surface area contributed by atoms with Crippen LogP contribution in [0, 0.1) is 0 Å². The van der Waals surface area contributed by atoms with Gasteiger partial charge in [0.2, 0.25) is 0 Å². The molecular weight excluding hydrogens is 310 g/mol. The Morgan fingerprint density at radius 1 is 1.32 bits per heavy atom. The molecule has 0 fully saturated rings. The highest BCUT2D eigenvalue weighted by Crippen LogP contribution is 2.39. The van der Waals surface area contributed by atoms with E-state index in [4.69, 9.17) is 9.47 Å². The van der Waals surface area contributed by atoms with E-state index in [9.17, 15) is 0 Å². The van der Waals surface area contributed by atoms with Gasteiger partial charge in [-0.3, -0.25) is 5.10 Å². The van der Waals surface area contributed by atoms with Gasteiger partial charge in [0.05, 0.1) is 17.4 Å². The number of aromatic nitrogens is 2. The molecular formula is C13H14BrN3O2. The Morgan fingerprint density at radius 3 is 2.74 bits per heavy atom. The van der Waals surface area contributed by atoms with E-state index in [2.05, 4.69) is 38.4 Å². The molecule has 0 radical (unpaired) electrons. The van der Waals surface area contributed by atoms with Gasteiger partial charge in [0.15, 0.2) is 11.5 Å². The minimum Gasteiger partial charge on any atom is -0.486 e. The fourth-order valence-electron chi connectivity index (χ4n) is 1.99. The number of rotatable bonds is 3. The standard InChI is InChI=1S/C13H14BrN3O2/c1-8(10-2-3-15-17-10)16-11-7-13-12(6-9(11)14)18-4-5-19-13/h2-3,6-8,16H,4-5H2,1H3,(H,15,17). The molecule has 5 nitrogen and oxygen atoms in total. The third kappa shape index (κ3) is 2.53. The van der Waals surface area contributed by atoms with Gasteiger partial charge in [-0.25, -0.2) is 0 Å². The lowest BCUT2D eigenvalue weighted by Crippen LogP contribution is -2.16. The minimum absolute atomic E-state index is 0.126. The lowest BCUT2D eigenvalue weighted by molar-refractivity contribution is 0.171. The van der Waals surface area contributed by atoms with Crippen LogP contribution in [0.3, 0.4) is 0 Å². The number of fused-ring (bicyclic) bond motifs is 1. The van der Waals surface area contributed by atoms with E-state index in [-0.39, 0.29) is 6.04 Å². The summed E-state index contributed by atoms with van der Waals surface area (Å²) in [6.07, 6.45) is 1.74. The van der Waals surface area contributed by atoms with Gasteiger partial charge in [0.1, 0.15) is 13.2 Å². The molecule has 0 spiro atoms. The number of benzene rings is 1. The number of H-pyrrole nitrogens is 1. The number of hydrogen-bond acceptors (Lipinski definition) is 4. The number of ether oxygens (including phenoxy) is 2. The fraction of sp³-hybridized carbons (Fsp3) is 0.308. The highest BCUT2D eigenvalue weighted by molar-refractivity contribution is 9.10. The Morgan fingerprint density at radius 2 is 2.05 bits per heavy atom. The smallest absolute Gasteiger partial charge is 0.163 e. The molecule has 0 aliphatic carbocycles. The van der Waals surface area contributed by atoms with Crippen LogP contribution in [-0.4, -0.2) is 23.4 Å². The van der Waals surface area contributed by atoms with Crippen molar-refractivity contribution in [3.05, 3.63) is 34.6 Å². The molecule has 0 saturated heterocycles. The molecule has 0 amide bonds. The lowest BCUT2D eigenvalue weighted by atomic mass is 10.2. The second kappa shape index (κ2) is 5.13. The molecule has 3 rings (SSSR count). The normalized spacial score (nSPS) is 15.1. The molecule has 19 heavy (non-hydrogen) atoms. The number of hydrogen-bond donors (Lipinski definition) is 2. The number of halogens is 1. The van der Waals surface area contributed by atoms with Gasteiger partial charge < -0.3 is 14.8 Å². The van der Waals surface area contributed by atoms with E-state index in [1.165, 1.54) is 0 Å². The molecule has 1 aromatic heterocycles. The van der Waals surface area contributed by atoms with E-state index in [1.807, 2.05) is 18.2 Å². The van der Waals surface area contributed by atoms with Crippen LogP contribution in [0.15, 0.2) is 28.9 Å². The van der Waals surface area contributed by atoms with E-state index in [0.717, 1.165) is 27.4 Å². The fourth-order valence-corrected chi connectivity index (χ4v) is 2.43. The first kappa shape index (κ1) is 12.3. The van der Waals surface area contributed by atoms with Gasteiger partial charge in [-0.2, -0.15) is 5.10 Å². The maximum atomic E-state index is 5.59. The van der Waals surface area contributed by atoms with Crippen LogP contribution < -0.4 is 14.8 Å². The van der Waals surface area contributed by atoms with Gasteiger partial charge in [-0.1, -0.05) is 0 Å². The third-order valence-electron chi connectivity index (χ3n) is 2.99. The molecule has 1 unspecified atom stereocenters. The first-order valence-corrected chi connectivity index (χ1v) is 6.88. The Balaban J connectivity index is 1.84. The van der Waals surface area contributed by atoms with Crippen molar-refractivity contribution < 1.29 is 9.47 Å². The summed E-state index contributed by atoms with van der Waals surface area (Å²) in [7, 11) is 0. The Labute approximate surface area is 119 Å². The predicted molar refractivity (Wildman–Crippen MR) is 75.8 cm³/mol. The quantitative estimate of drug-likeness (QED) is 0.911. The monoisotopic (exact) mass is 323 g/mol. The summed E-state index contributed by atoms with van der Waals surface area (Å²) in [5.74, 6) is 1.55. The molecule has 0 bridgehead atoms. The average Bonchev–Trinajstić information content (AvgIpc) is 2.93. The molecule has 6 heteroatoms. The topological polar surface area (TPSA) is 59.2 Å². The molecule has 100 valence electrons. The summed E-state index contributed by atoms with van der Waals surface area (Å²) in [5, 5.41) is 10.3. The van der Waals surface area contributed by atoms with Crippen molar-refractivity contribution in [2.75, 3.05) is 18.5 Å². The van der Waals surface area contributed by atoms with Crippen molar-refractivity contribution in [2.24, 2.45) is 0 Å². The zero-order valence-electron chi connectivity index (χ0n) is 10.4. The second-order valence-electron chi connectivity index (χ2n) is 4.35. The van der Waals surface area contributed by atoms with E-state index >= 15 is 0 Å². The summed E-state index contributed by atoms with van der Waals surface area (Å²) in [4.78, 5) is 0. The molecule has 2 aromatic rings. The Bertz CT molecular complexity index is 572. The van der Waals surface area contributed by atoms with Gasteiger partial charge >= 0.3 is 0 Å². The number of nitrogens with zero attached hydrogens (tertiary/aromatic N) is 1. The largest absolute Gasteiger partial charge is 0.486 e. The van der Waals surface area contributed by atoms with Gasteiger partial charge in [-0.05, 0) is 28.9 Å². The number of nitrogens with one attached hydrogen (secondary N) is 2. The SMILES string of the molecule is CC(Nc1cc2c(cc1Br)OCCO2)c1ccn[nH]1. The first-order valence-electron chi connectivity index (χ1n) is 6.09. The molecule has 2 N–H and O–H groups in total. The van der Waals surface area contributed by atoms with Crippen LogP contribution in [0.5, 0.6) is 11.5 Å². The van der Waals surface area contributed by atoms with Crippen molar-refractivity contribution >= 4 is 21.6 Å². The number of anilines is 1. The van der Waals surface area contributed by atoms with Crippen molar-refractivity contribution in [3.63, 3.8) is 0 Å². The first-order chi connectivity index (χ1) is 9.24. The molecule has 1 atom stereocenters. The Kier molecular flexibility index (Phi) is 3.33. The van der Waals surface area contributed by atoms with Crippen molar-refractivity contribution in [1.82, 2.24) is 10.2 Å². The molecule has 1 aromatic carbocycles.